The van der Waals surface area contributed by atoms with Crippen LogP contribution in [0.1, 0.15) is 88.2 Å². The Hall–Kier alpha value is -1.34. The summed E-state index contributed by atoms with van der Waals surface area (Å²) in [6.07, 6.45) is 22.5. The van der Waals surface area contributed by atoms with Crippen LogP contribution in [0.25, 0.3) is 0 Å². The molecular formula is C29H44O. The lowest BCUT2D eigenvalue weighted by Gasteiger charge is -2.37. The third-order valence-electron chi connectivity index (χ3n) is 7.80. The number of hydrogen-bond donors (Lipinski definition) is 0. The molecule has 0 bridgehead atoms. The molecule has 0 N–H and O–H groups in total. The molecule has 2 aliphatic rings. The van der Waals surface area contributed by atoms with E-state index in [1.165, 1.54) is 94.6 Å². The fourth-order valence-corrected chi connectivity index (χ4v) is 5.90. The van der Waals surface area contributed by atoms with Crippen molar-refractivity contribution in [1.82, 2.24) is 0 Å². The van der Waals surface area contributed by atoms with Crippen molar-refractivity contribution in [1.29, 1.82) is 0 Å². The van der Waals surface area contributed by atoms with Crippen LogP contribution in [-0.2, 0) is 17.8 Å². The van der Waals surface area contributed by atoms with Crippen LogP contribution in [0.4, 0.5) is 0 Å². The molecule has 1 aromatic rings. The van der Waals surface area contributed by atoms with Crippen LogP contribution >= 0.6 is 0 Å². The summed E-state index contributed by atoms with van der Waals surface area (Å²) in [5.41, 5.74) is 2.73. The van der Waals surface area contributed by atoms with E-state index in [0.717, 1.165) is 23.7 Å². The number of rotatable bonds is 12. The highest BCUT2D eigenvalue weighted by atomic mass is 16.5. The van der Waals surface area contributed by atoms with Gasteiger partial charge in [0.05, 0.1) is 13.2 Å². The summed E-state index contributed by atoms with van der Waals surface area (Å²) in [6.45, 7) is 8.93. The summed E-state index contributed by atoms with van der Waals surface area (Å²) in [7, 11) is 0. The van der Waals surface area contributed by atoms with E-state index in [1.807, 2.05) is 0 Å². The van der Waals surface area contributed by atoms with E-state index in [-0.39, 0.29) is 0 Å². The number of hydrogen-bond acceptors (Lipinski definition) is 1. The van der Waals surface area contributed by atoms with Gasteiger partial charge in [0, 0.05) is 0 Å². The quantitative estimate of drug-likeness (QED) is 0.250. The van der Waals surface area contributed by atoms with Crippen molar-refractivity contribution in [2.45, 2.75) is 90.1 Å². The molecule has 1 heteroatoms. The van der Waals surface area contributed by atoms with E-state index in [9.17, 15) is 0 Å². The molecule has 0 unspecified atom stereocenters. The fraction of sp³-hybridized carbons (Fsp3) is 0.655. The van der Waals surface area contributed by atoms with Crippen molar-refractivity contribution in [3.05, 3.63) is 60.7 Å². The minimum atomic E-state index is 0.626. The molecule has 2 fully saturated rings. The summed E-state index contributed by atoms with van der Waals surface area (Å²) in [5.74, 6) is 4.02. The van der Waals surface area contributed by atoms with E-state index in [1.54, 1.807) is 6.08 Å². The first-order valence-corrected chi connectivity index (χ1v) is 12.7. The fourth-order valence-electron chi connectivity index (χ4n) is 5.90. The zero-order valence-electron chi connectivity index (χ0n) is 19.2. The minimum absolute atomic E-state index is 0.626. The highest BCUT2D eigenvalue weighted by Gasteiger charge is 2.30. The maximum atomic E-state index is 5.51. The number of ether oxygens (including phenoxy) is 1. The summed E-state index contributed by atoms with van der Waals surface area (Å²) in [5, 5.41) is 0. The van der Waals surface area contributed by atoms with Crippen molar-refractivity contribution in [3.8, 4) is 0 Å². The molecule has 0 heterocycles. The van der Waals surface area contributed by atoms with Gasteiger partial charge in [-0.2, -0.15) is 0 Å². The van der Waals surface area contributed by atoms with E-state index in [4.69, 9.17) is 4.74 Å². The molecular weight excluding hydrogens is 364 g/mol. The van der Waals surface area contributed by atoms with Gasteiger partial charge in [0.25, 0.3) is 0 Å². The first kappa shape index (κ1) is 23.3. The highest BCUT2D eigenvalue weighted by Crippen LogP contribution is 2.42. The first-order chi connectivity index (χ1) is 14.8. The molecule has 30 heavy (non-hydrogen) atoms. The molecule has 0 radical (unpaired) electrons. The largest absolute Gasteiger partial charge is 0.373 e. The summed E-state index contributed by atoms with van der Waals surface area (Å²) in [4.78, 5) is 0. The van der Waals surface area contributed by atoms with Crippen molar-refractivity contribution < 1.29 is 4.74 Å². The smallest absolute Gasteiger partial charge is 0.0721 e. The average molecular weight is 409 g/mol. The number of benzene rings is 1. The second-order valence-corrected chi connectivity index (χ2v) is 9.95. The zero-order valence-corrected chi connectivity index (χ0v) is 19.2. The SMILES string of the molecule is C=CCOCc1ccc(CCCCC2CCC(C3CCC(CC=C)CC3)CC2)cc1. The molecule has 0 amide bonds. The third-order valence-corrected chi connectivity index (χ3v) is 7.80. The Balaban J connectivity index is 1.25. The first-order valence-electron chi connectivity index (χ1n) is 12.7. The number of allylic oxidation sites excluding steroid dienone is 1. The molecule has 0 atom stereocenters. The predicted molar refractivity (Wildman–Crippen MR) is 130 cm³/mol. The third kappa shape index (κ3) is 7.73. The van der Waals surface area contributed by atoms with Crippen molar-refractivity contribution in [2.24, 2.45) is 23.7 Å². The predicted octanol–water partition coefficient (Wildman–Crippen LogP) is 8.29. The lowest BCUT2D eigenvalue weighted by molar-refractivity contribution is 0.143. The summed E-state index contributed by atoms with van der Waals surface area (Å²) in [6, 6.07) is 8.98. The Morgan fingerprint density at radius 1 is 0.733 bits per heavy atom. The molecule has 1 nitrogen and oxygen atoms in total. The Morgan fingerprint density at radius 3 is 1.93 bits per heavy atom. The maximum absolute atomic E-state index is 5.51. The zero-order chi connectivity index (χ0) is 21.0. The van der Waals surface area contributed by atoms with Gasteiger partial charge in [0.15, 0.2) is 0 Å². The van der Waals surface area contributed by atoms with E-state index in [2.05, 4.69) is 43.5 Å². The van der Waals surface area contributed by atoms with Gasteiger partial charge >= 0.3 is 0 Å². The van der Waals surface area contributed by atoms with Crippen LogP contribution in [0, 0.1) is 23.7 Å². The Bertz CT molecular complexity index is 600. The molecule has 2 aliphatic carbocycles. The Kier molecular flexibility index (Phi) is 10.2. The van der Waals surface area contributed by atoms with Crippen molar-refractivity contribution in [2.75, 3.05) is 6.61 Å². The average Bonchev–Trinajstić information content (AvgIpc) is 2.79. The van der Waals surface area contributed by atoms with Gasteiger partial charge in [0.2, 0.25) is 0 Å². The molecule has 0 saturated heterocycles. The van der Waals surface area contributed by atoms with Crippen LogP contribution in [0.3, 0.4) is 0 Å². The molecule has 2 saturated carbocycles. The molecule has 0 aliphatic heterocycles. The van der Waals surface area contributed by atoms with Gasteiger partial charge < -0.3 is 4.74 Å². The van der Waals surface area contributed by atoms with Crippen LogP contribution in [0.5, 0.6) is 0 Å². The molecule has 0 aromatic heterocycles. The normalized spacial score (nSPS) is 26.9. The van der Waals surface area contributed by atoms with Crippen LogP contribution in [-0.4, -0.2) is 6.61 Å². The molecule has 3 rings (SSSR count). The second kappa shape index (κ2) is 13.2. The molecule has 1 aromatic carbocycles. The lowest BCUT2D eigenvalue weighted by Crippen LogP contribution is -2.25. The van der Waals surface area contributed by atoms with Crippen LogP contribution < -0.4 is 0 Å². The van der Waals surface area contributed by atoms with E-state index < -0.39 is 0 Å². The van der Waals surface area contributed by atoms with Crippen molar-refractivity contribution in [3.63, 3.8) is 0 Å². The standard InChI is InChI=1S/C29H44O/c1-3-7-24-14-18-28(19-15-24)29-20-16-26(17-21-29)9-6-5-8-25-10-12-27(13-11-25)23-30-22-4-2/h3-4,10-13,24,26,28-29H,1-2,5-9,14-23H2. The highest BCUT2D eigenvalue weighted by molar-refractivity contribution is 5.22. The van der Waals surface area contributed by atoms with Gasteiger partial charge in [-0.3, -0.25) is 0 Å². The maximum Gasteiger partial charge on any atom is 0.0721 e. The summed E-state index contributed by atoms with van der Waals surface area (Å²) < 4.78 is 5.51. The van der Waals surface area contributed by atoms with Gasteiger partial charge in [-0.25, -0.2) is 0 Å². The van der Waals surface area contributed by atoms with Crippen LogP contribution in [0.2, 0.25) is 0 Å². The van der Waals surface area contributed by atoms with Crippen molar-refractivity contribution >= 4 is 0 Å². The second-order valence-electron chi connectivity index (χ2n) is 9.95. The molecule has 0 spiro atoms. The lowest BCUT2D eigenvalue weighted by atomic mass is 9.68. The van der Waals surface area contributed by atoms with Gasteiger partial charge in [-0.1, -0.05) is 62.1 Å². The van der Waals surface area contributed by atoms with Gasteiger partial charge in [0.1, 0.15) is 0 Å². The topological polar surface area (TPSA) is 9.23 Å². The number of aryl methyl sites for hydroxylation is 1. The van der Waals surface area contributed by atoms with Crippen LogP contribution in [0.15, 0.2) is 49.6 Å². The van der Waals surface area contributed by atoms with E-state index >= 15 is 0 Å². The van der Waals surface area contributed by atoms with Gasteiger partial charge in [-0.05, 0) is 92.6 Å². The Labute approximate surface area is 186 Å². The minimum Gasteiger partial charge on any atom is -0.373 e. The number of unbranched alkanes of at least 4 members (excludes halogenated alkanes) is 1. The molecule has 166 valence electrons. The Morgan fingerprint density at radius 2 is 1.33 bits per heavy atom. The summed E-state index contributed by atoms with van der Waals surface area (Å²) >= 11 is 0. The monoisotopic (exact) mass is 408 g/mol. The van der Waals surface area contributed by atoms with E-state index in [0.29, 0.717) is 13.2 Å². The van der Waals surface area contributed by atoms with Gasteiger partial charge in [-0.15, -0.1) is 13.2 Å².